The summed E-state index contributed by atoms with van der Waals surface area (Å²) in [7, 11) is 0. The number of carbonyl (C=O) groups is 2. The number of carboxylic acids is 2. The van der Waals surface area contributed by atoms with E-state index in [-0.39, 0.29) is 30.2 Å². The van der Waals surface area contributed by atoms with Crippen molar-refractivity contribution in [3.8, 4) is 0 Å². The highest BCUT2D eigenvalue weighted by atomic mass is 16.4. The summed E-state index contributed by atoms with van der Waals surface area (Å²) in [5.41, 5.74) is -0.274. The van der Waals surface area contributed by atoms with Crippen LogP contribution >= 0.6 is 0 Å². The molecule has 1 rings (SSSR count). The minimum Gasteiger partial charge on any atom is -0.480 e. The number of piperidine rings is 1. The first-order valence-electron chi connectivity index (χ1n) is 6.48. The minimum atomic E-state index is -0.990. The van der Waals surface area contributed by atoms with Crippen LogP contribution in [0.15, 0.2) is 0 Å². The van der Waals surface area contributed by atoms with E-state index in [1.807, 2.05) is 0 Å². The van der Waals surface area contributed by atoms with E-state index in [9.17, 15) is 9.59 Å². The summed E-state index contributed by atoms with van der Waals surface area (Å²) >= 11 is 0. The van der Waals surface area contributed by atoms with Crippen LogP contribution in [0.2, 0.25) is 0 Å². The summed E-state index contributed by atoms with van der Waals surface area (Å²) in [5, 5.41) is 21.4. The molecular formula is C13H24N2O4. The molecule has 0 saturated carbocycles. The number of carboxylic acid groups (broad SMARTS) is 2. The highest BCUT2D eigenvalue weighted by molar-refractivity contribution is 5.72. The highest BCUT2D eigenvalue weighted by Gasteiger charge is 2.40. The molecule has 3 N–H and O–H groups in total. The first kappa shape index (κ1) is 15.9. The van der Waals surface area contributed by atoms with Gasteiger partial charge in [-0.15, -0.1) is 0 Å². The lowest BCUT2D eigenvalue weighted by molar-refractivity contribution is -0.143. The van der Waals surface area contributed by atoms with E-state index in [2.05, 4.69) is 33.0 Å². The summed E-state index contributed by atoms with van der Waals surface area (Å²) in [6, 6.07) is -0.0431. The Morgan fingerprint density at radius 1 is 1.05 bits per heavy atom. The summed E-state index contributed by atoms with van der Waals surface area (Å²) in [6.45, 7) is 7.76. The Bertz CT molecular complexity index is 334. The normalized spacial score (nSPS) is 22.4. The van der Waals surface area contributed by atoms with E-state index in [0.29, 0.717) is 0 Å². The van der Waals surface area contributed by atoms with E-state index in [4.69, 9.17) is 10.2 Å². The molecule has 0 atom stereocenters. The maximum absolute atomic E-state index is 10.9. The molecule has 19 heavy (non-hydrogen) atoms. The predicted molar refractivity (Wildman–Crippen MR) is 71.2 cm³/mol. The van der Waals surface area contributed by atoms with Gasteiger partial charge < -0.3 is 15.5 Å². The molecule has 0 aromatic carbocycles. The monoisotopic (exact) mass is 272 g/mol. The molecule has 110 valence electrons. The van der Waals surface area contributed by atoms with Gasteiger partial charge in [0.15, 0.2) is 0 Å². The van der Waals surface area contributed by atoms with Gasteiger partial charge in [-0.1, -0.05) is 0 Å². The maximum Gasteiger partial charge on any atom is 0.317 e. The van der Waals surface area contributed by atoms with Gasteiger partial charge in [0.2, 0.25) is 0 Å². The summed E-state index contributed by atoms with van der Waals surface area (Å²) in [5.74, 6) is -1.98. The Kier molecular flexibility index (Phi) is 4.58. The zero-order valence-electron chi connectivity index (χ0n) is 12.1. The number of nitrogens with one attached hydrogen (secondary N) is 1. The highest BCUT2D eigenvalue weighted by Crippen LogP contribution is 2.31. The summed E-state index contributed by atoms with van der Waals surface area (Å²) in [4.78, 5) is 23.4. The molecule has 0 aliphatic carbocycles. The molecule has 1 aliphatic heterocycles. The molecule has 1 heterocycles. The van der Waals surface area contributed by atoms with Crippen LogP contribution in [-0.2, 0) is 9.59 Å². The van der Waals surface area contributed by atoms with Crippen molar-refractivity contribution in [2.45, 2.75) is 57.7 Å². The molecule has 0 amide bonds. The molecule has 0 unspecified atom stereocenters. The molecule has 1 saturated heterocycles. The average molecular weight is 272 g/mol. The van der Waals surface area contributed by atoms with Crippen molar-refractivity contribution in [3.63, 3.8) is 0 Å². The summed E-state index contributed by atoms with van der Waals surface area (Å²) < 4.78 is 0. The van der Waals surface area contributed by atoms with Gasteiger partial charge in [0.05, 0.1) is 13.1 Å². The van der Waals surface area contributed by atoms with Crippen molar-refractivity contribution >= 4 is 11.9 Å². The fourth-order valence-electron chi connectivity index (χ4n) is 3.19. The van der Waals surface area contributed by atoms with Gasteiger partial charge in [0.25, 0.3) is 0 Å². The van der Waals surface area contributed by atoms with Crippen LogP contribution in [0.5, 0.6) is 0 Å². The lowest BCUT2D eigenvalue weighted by atomic mass is 9.79. The van der Waals surface area contributed by atoms with E-state index in [1.165, 1.54) is 0 Å². The second-order valence-electron chi connectivity index (χ2n) is 6.65. The van der Waals surface area contributed by atoms with Gasteiger partial charge in [-0.3, -0.25) is 14.5 Å². The SMILES string of the molecule is CC1(C)CC(N(CC(=O)O)CC(=O)O)CC(C)(C)N1. The molecule has 6 nitrogen and oxygen atoms in total. The second kappa shape index (κ2) is 5.46. The van der Waals surface area contributed by atoms with Gasteiger partial charge >= 0.3 is 11.9 Å². The van der Waals surface area contributed by atoms with E-state index in [0.717, 1.165) is 12.8 Å². The fourth-order valence-corrected chi connectivity index (χ4v) is 3.19. The van der Waals surface area contributed by atoms with Crippen molar-refractivity contribution < 1.29 is 19.8 Å². The largest absolute Gasteiger partial charge is 0.480 e. The van der Waals surface area contributed by atoms with Crippen LogP contribution in [0.3, 0.4) is 0 Å². The third kappa shape index (κ3) is 5.16. The third-order valence-electron chi connectivity index (χ3n) is 3.36. The van der Waals surface area contributed by atoms with Gasteiger partial charge in [-0.25, -0.2) is 0 Å². The van der Waals surface area contributed by atoms with Gasteiger partial charge in [-0.2, -0.15) is 0 Å². The van der Waals surface area contributed by atoms with Gasteiger partial charge in [-0.05, 0) is 40.5 Å². The quantitative estimate of drug-likeness (QED) is 0.685. The lowest BCUT2D eigenvalue weighted by Crippen LogP contribution is -2.63. The van der Waals surface area contributed by atoms with Crippen LogP contribution in [0, 0.1) is 0 Å². The molecule has 1 aliphatic rings. The van der Waals surface area contributed by atoms with E-state index >= 15 is 0 Å². The van der Waals surface area contributed by atoms with Crippen molar-refractivity contribution in [2.75, 3.05) is 13.1 Å². The molecule has 6 heteroatoms. The predicted octanol–water partition coefficient (Wildman–Crippen LogP) is 0.767. The molecule has 1 fully saturated rings. The molecular weight excluding hydrogens is 248 g/mol. The maximum atomic E-state index is 10.9. The Balaban J connectivity index is 2.87. The number of hydrogen-bond acceptors (Lipinski definition) is 4. The van der Waals surface area contributed by atoms with Crippen molar-refractivity contribution in [1.82, 2.24) is 10.2 Å². The summed E-state index contributed by atoms with van der Waals surface area (Å²) in [6.07, 6.45) is 1.47. The topological polar surface area (TPSA) is 89.9 Å². The molecule has 0 bridgehead atoms. The van der Waals surface area contributed by atoms with Crippen LogP contribution in [-0.4, -0.2) is 57.3 Å². The first-order chi connectivity index (χ1) is 8.51. The van der Waals surface area contributed by atoms with Crippen molar-refractivity contribution in [3.05, 3.63) is 0 Å². The molecule has 0 radical (unpaired) electrons. The Morgan fingerprint density at radius 2 is 1.42 bits per heavy atom. The van der Waals surface area contributed by atoms with Crippen LogP contribution in [0.1, 0.15) is 40.5 Å². The van der Waals surface area contributed by atoms with Crippen LogP contribution in [0.4, 0.5) is 0 Å². The fraction of sp³-hybridized carbons (Fsp3) is 0.846. The first-order valence-corrected chi connectivity index (χ1v) is 6.48. The van der Waals surface area contributed by atoms with Crippen LogP contribution in [0.25, 0.3) is 0 Å². The zero-order chi connectivity index (χ0) is 14.8. The van der Waals surface area contributed by atoms with Crippen LogP contribution < -0.4 is 5.32 Å². The lowest BCUT2D eigenvalue weighted by Gasteiger charge is -2.49. The standard InChI is InChI=1S/C13H24N2O4/c1-12(2)5-9(6-13(3,4)14-12)15(7-10(16)17)8-11(18)19/h9,14H,5-8H2,1-4H3,(H,16,17)(H,18,19). The molecule has 0 spiro atoms. The number of aliphatic carboxylic acids is 2. The molecule has 0 aromatic heterocycles. The zero-order valence-corrected chi connectivity index (χ0v) is 12.1. The number of nitrogens with zero attached hydrogens (tertiary/aromatic N) is 1. The number of hydrogen-bond donors (Lipinski definition) is 3. The Hall–Kier alpha value is -1.14. The van der Waals surface area contributed by atoms with Gasteiger partial charge in [0.1, 0.15) is 0 Å². The van der Waals surface area contributed by atoms with Gasteiger partial charge in [0, 0.05) is 17.1 Å². The van der Waals surface area contributed by atoms with Crippen molar-refractivity contribution in [2.24, 2.45) is 0 Å². The Labute approximate surface area is 113 Å². The second-order valence-corrected chi connectivity index (χ2v) is 6.65. The molecule has 0 aromatic rings. The third-order valence-corrected chi connectivity index (χ3v) is 3.36. The number of rotatable bonds is 5. The minimum absolute atomic E-state index is 0.0431. The van der Waals surface area contributed by atoms with E-state index in [1.54, 1.807) is 4.90 Å². The Morgan fingerprint density at radius 3 is 1.74 bits per heavy atom. The average Bonchev–Trinajstić information content (AvgIpc) is 2.09. The van der Waals surface area contributed by atoms with E-state index < -0.39 is 11.9 Å². The van der Waals surface area contributed by atoms with Crippen molar-refractivity contribution in [1.29, 1.82) is 0 Å². The smallest absolute Gasteiger partial charge is 0.317 e.